The normalized spacial score (nSPS) is 26.8. The molecule has 0 amide bonds. The maximum absolute atomic E-state index is 6.30. The van der Waals surface area contributed by atoms with E-state index in [2.05, 4.69) is 55.5 Å². The molecule has 2 heteroatoms. The number of ether oxygens (including phenoxy) is 1. The summed E-state index contributed by atoms with van der Waals surface area (Å²) in [6.07, 6.45) is 5.24. The van der Waals surface area contributed by atoms with E-state index < -0.39 is 0 Å². The topological polar surface area (TPSA) is 21.6 Å². The van der Waals surface area contributed by atoms with E-state index in [9.17, 15) is 0 Å². The minimum Gasteiger partial charge on any atom is -0.474 e. The summed E-state index contributed by atoms with van der Waals surface area (Å²) in [6.45, 7) is 2.13. The Hall–Kier alpha value is -2.09. The Bertz CT molecular complexity index is 690. The van der Waals surface area contributed by atoms with E-state index in [1.165, 1.54) is 30.4 Å². The maximum Gasteiger partial charge on any atom is 0.216 e. The molecule has 0 aromatic heterocycles. The van der Waals surface area contributed by atoms with Crippen molar-refractivity contribution >= 4 is 5.90 Å². The predicted molar refractivity (Wildman–Crippen MR) is 93.7 cm³/mol. The number of benzene rings is 2. The molecule has 1 heterocycles. The Morgan fingerprint density at radius 3 is 2.43 bits per heavy atom. The molecule has 2 aromatic carbocycles. The molecule has 0 saturated heterocycles. The van der Waals surface area contributed by atoms with E-state index in [4.69, 9.17) is 9.73 Å². The molecule has 0 N–H and O–H groups in total. The molecular weight excluding hydrogens is 282 g/mol. The van der Waals surface area contributed by atoms with Crippen LogP contribution in [0.15, 0.2) is 59.6 Å². The van der Waals surface area contributed by atoms with Crippen LogP contribution < -0.4 is 0 Å². The van der Waals surface area contributed by atoms with Gasteiger partial charge >= 0.3 is 0 Å². The Morgan fingerprint density at radius 2 is 1.65 bits per heavy atom. The molecule has 2 aromatic rings. The first kappa shape index (κ1) is 14.5. The van der Waals surface area contributed by atoms with Gasteiger partial charge in [-0.2, -0.15) is 0 Å². The highest BCUT2D eigenvalue weighted by molar-refractivity contribution is 5.94. The lowest BCUT2D eigenvalue weighted by Crippen LogP contribution is -2.38. The maximum atomic E-state index is 6.30. The molecule has 4 rings (SSSR count). The van der Waals surface area contributed by atoms with Gasteiger partial charge in [-0.05, 0) is 43.9 Å². The first-order valence-corrected chi connectivity index (χ1v) is 8.68. The van der Waals surface area contributed by atoms with Gasteiger partial charge in [-0.3, -0.25) is 0 Å². The molecule has 118 valence electrons. The van der Waals surface area contributed by atoms with Crippen molar-refractivity contribution in [2.75, 3.05) is 0 Å². The van der Waals surface area contributed by atoms with E-state index in [-0.39, 0.29) is 6.04 Å². The molecule has 0 unspecified atom stereocenters. The molecule has 1 aliphatic carbocycles. The fraction of sp³-hybridized carbons (Fsp3) is 0.381. The number of nitrogens with zero attached hydrogens (tertiary/aromatic N) is 1. The fourth-order valence-electron chi connectivity index (χ4n) is 3.84. The molecule has 2 aliphatic rings. The molecule has 23 heavy (non-hydrogen) atoms. The van der Waals surface area contributed by atoms with Gasteiger partial charge in [0.15, 0.2) is 0 Å². The van der Waals surface area contributed by atoms with Crippen molar-refractivity contribution in [1.29, 1.82) is 0 Å². The van der Waals surface area contributed by atoms with E-state index in [0.717, 1.165) is 17.9 Å². The van der Waals surface area contributed by atoms with Gasteiger partial charge in [0.1, 0.15) is 6.10 Å². The monoisotopic (exact) mass is 305 g/mol. The zero-order valence-electron chi connectivity index (χ0n) is 13.6. The number of aliphatic imine (C=N–C) groups is 1. The lowest BCUT2D eigenvalue weighted by Gasteiger charge is -2.39. The minimum atomic E-state index is 0.227. The fourth-order valence-corrected chi connectivity index (χ4v) is 3.84. The second-order valence-electron chi connectivity index (χ2n) is 6.76. The molecule has 0 radical (unpaired) electrons. The van der Waals surface area contributed by atoms with E-state index >= 15 is 0 Å². The van der Waals surface area contributed by atoms with Gasteiger partial charge in [-0.1, -0.05) is 54.4 Å². The number of hydrogen-bond acceptors (Lipinski definition) is 2. The Kier molecular flexibility index (Phi) is 3.90. The quantitative estimate of drug-likeness (QED) is 0.759. The zero-order chi connectivity index (χ0) is 15.6. The van der Waals surface area contributed by atoms with Crippen LogP contribution in [0.2, 0.25) is 0 Å². The molecule has 3 atom stereocenters. The summed E-state index contributed by atoms with van der Waals surface area (Å²) in [7, 11) is 0. The van der Waals surface area contributed by atoms with Crippen molar-refractivity contribution in [3.63, 3.8) is 0 Å². The van der Waals surface area contributed by atoms with Crippen LogP contribution in [0.5, 0.6) is 0 Å². The largest absolute Gasteiger partial charge is 0.474 e. The van der Waals surface area contributed by atoms with Crippen LogP contribution >= 0.6 is 0 Å². The third kappa shape index (κ3) is 2.90. The second-order valence-corrected chi connectivity index (χ2v) is 6.76. The van der Waals surface area contributed by atoms with E-state index in [1.54, 1.807) is 0 Å². The van der Waals surface area contributed by atoms with Crippen LogP contribution in [-0.4, -0.2) is 12.0 Å². The summed E-state index contributed by atoms with van der Waals surface area (Å²) in [6, 6.07) is 19.4. The summed E-state index contributed by atoms with van der Waals surface area (Å²) in [4.78, 5) is 5.03. The van der Waals surface area contributed by atoms with Gasteiger partial charge in [0.25, 0.3) is 0 Å². The zero-order valence-corrected chi connectivity index (χ0v) is 13.6. The molecule has 1 fully saturated rings. The van der Waals surface area contributed by atoms with Gasteiger partial charge in [-0.25, -0.2) is 4.99 Å². The van der Waals surface area contributed by atoms with Crippen LogP contribution in [0.3, 0.4) is 0 Å². The highest BCUT2D eigenvalue weighted by Gasteiger charge is 2.38. The van der Waals surface area contributed by atoms with Crippen molar-refractivity contribution in [2.45, 2.75) is 44.8 Å². The Balaban J connectivity index is 1.74. The number of hydrogen-bond donors (Lipinski definition) is 0. The van der Waals surface area contributed by atoms with Gasteiger partial charge in [-0.15, -0.1) is 0 Å². The average molecular weight is 305 g/mol. The van der Waals surface area contributed by atoms with Crippen molar-refractivity contribution in [1.82, 2.24) is 0 Å². The molecular formula is C21H23NO. The number of aryl methyl sites for hydroxylation is 1. The second kappa shape index (κ2) is 6.19. The summed E-state index contributed by atoms with van der Waals surface area (Å²) in [5.41, 5.74) is 3.71. The highest BCUT2D eigenvalue weighted by atomic mass is 16.5. The van der Waals surface area contributed by atoms with Gasteiger partial charge in [0.05, 0.1) is 6.04 Å². The third-order valence-electron chi connectivity index (χ3n) is 5.12. The number of fused-ring (bicyclic) bond motifs is 1. The SMILES string of the molecule is Cc1ccc([C@@H]2N=C(c3ccccc3)O[C@H]3CCCC[C@H]32)cc1. The summed E-state index contributed by atoms with van der Waals surface area (Å²) in [5.74, 6) is 1.33. The Morgan fingerprint density at radius 1 is 0.913 bits per heavy atom. The van der Waals surface area contributed by atoms with Crippen LogP contribution in [0.25, 0.3) is 0 Å². The Labute approximate surface area is 138 Å². The molecule has 1 saturated carbocycles. The van der Waals surface area contributed by atoms with Crippen LogP contribution in [0.4, 0.5) is 0 Å². The van der Waals surface area contributed by atoms with Gasteiger partial charge in [0, 0.05) is 11.5 Å². The standard InChI is InChI=1S/C21H23NO/c1-15-11-13-16(14-12-15)20-18-9-5-6-10-19(18)23-21(22-20)17-7-3-2-4-8-17/h2-4,7-8,11-14,18-20H,5-6,9-10H2,1H3/t18-,19+,20+/m1/s1. The van der Waals surface area contributed by atoms with Crippen LogP contribution in [0.1, 0.15) is 48.4 Å². The van der Waals surface area contributed by atoms with E-state index in [1.807, 2.05) is 6.07 Å². The van der Waals surface area contributed by atoms with Crippen LogP contribution in [-0.2, 0) is 4.74 Å². The minimum absolute atomic E-state index is 0.227. The van der Waals surface area contributed by atoms with Crippen molar-refractivity contribution < 1.29 is 4.74 Å². The molecule has 2 nitrogen and oxygen atoms in total. The van der Waals surface area contributed by atoms with Crippen molar-refractivity contribution in [3.05, 3.63) is 71.3 Å². The summed E-state index contributed by atoms with van der Waals surface area (Å²) >= 11 is 0. The lowest BCUT2D eigenvalue weighted by atomic mass is 9.78. The summed E-state index contributed by atoms with van der Waals surface area (Å²) < 4.78 is 6.30. The highest BCUT2D eigenvalue weighted by Crippen LogP contribution is 2.42. The smallest absolute Gasteiger partial charge is 0.216 e. The van der Waals surface area contributed by atoms with E-state index in [0.29, 0.717) is 12.0 Å². The lowest BCUT2D eigenvalue weighted by molar-refractivity contribution is 0.0501. The van der Waals surface area contributed by atoms with Gasteiger partial charge in [0.2, 0.25) is 5.90 Å². The van der Waals surface area contributed by atoms with Crippen molar-refractivity contribution in [3.8, 4) is 0 Å². The average Bonchev–Trinajstić information content (AvgIpc) is 2.62. The van der Waals surface area contributed by atoms with Crippen molar-refractivity contribution in [2.24, 2.45) is 10.9 Å². The first-order chi connectivity index (χ1) is 11.3. The number of rotatable bonds is 2. The van der Waals surface area contributed by atoms with Gasteiger partial charge < -0.3 is 4.74 Å². The first-order valence-electron chi connectivity index (χ1n) is 8.68. The third-order valence-corrected chi connectivity index (χ3v) is 5.12. The summed E-state index contributed by atoms with van der Waals surface area (Å²) in [5, 5.41) is 0. The predicted octanol–water partition coefficient (Wildman–Crippen LogP) is 5.07. The molecule has 0 spiro atoms. The molecule has 0 bridgehead atoms. The molecule has 1 aliphatic heterocycles. The van der Waals surface area contributed by atoms with Crippen LogP contribution in [0, 0.1) is 12.8 Å².